The van der Waals surface area contributed by atoms with Gasteiger partial charge in [0, 0.05) is 40.8 Å². The van der Waals surface area contributed by atoms with Crippen molar-refractivity contribution in [3.8, 4) is 0 Å². The van der Waals surface area contributed by atoms with Crippen LogP contribution < -0.4 is 11.1 Å². The Labute approximate surface area is 110 Å². The second-order valence-electron chi connectivity index (χ2n) is 4.51. The van der Waals surface area contributed by atoms with Crippen molar-refractivity contribution < 1.29 is 0 Å². The summed E-state index contributed by atoms with van der Waals surface area (Å²) in [6, 6.07) is 7.72. The number of hydrogen-bond donors (Lipinski definition) is 3. The molecule has 2 heterocycles. The van der Waals surface area contributed by atoms with Crippen molar-refractivity contribution in [2.75, 3.05) is 11.1 Å². The summed E-state index contributed by atoms with van der Waals surface area (Å²) >= 11 is 0. The monoisotopic (exact) mass is 253 g/mol. The Balaban J connectivity index is 1.91. The minimum atomic E-state index is 0.725. The van der Waals surface area contributed by atoms with E-state index in [4.69, 9.17) is 5.73 Å². The highest BCUT2D eigenvalue weighted by Crippen LogP contribution is 2.23. The predicted octanol–water partition coefficient (Wildman–Crippen LogP) is 2.46. The Morgan fingerprint density at radius 2 is 2.21 bits per heavy atom. The molecule has 2 aromatic heterocycles. The van der Waals surface area contributed by atoms with Crippen LogP contribution in [0.5, 0.6) is 0 Å². The van der Waals surface area contributed by atoms with Crippen LogP contribution in [-0.4, -0.2) is 15.2 Å². The summed E-state index contributed by atoms with van der Waals surface area (Å²) < 4.78 is 0. The first-order valence-corrected chi connectivity index (χ1v) is 6.11. The third-order valence-corrected chi connectivity index (χ3v) is 3.17. The number of aryl methyl sites for hydroxylation is 1. The van der Waals surface area contributed by atoms with E-state index in [9.17, 15) is 0 Å². The predicted molar refractivity (Wildman–Crippen MR) is 76.8 cm³/mol. The van der Waals surface area contributed by atoms with Gasteiger partial charge in [-0.1, -0.05) is 0 Å². The second kappa shape index (κ2) is 4.61. The number of anilines is 2. The summed E-state index contributed by atoms with van der Waals surface area (Å²) in [7, 11) is 0. The molecule has 5 nitrogen and oxygen atoms in total. The molecule has 4 N–H and O–H groups in total. The highest BCUT2D eigenvalue weighted by Gasteiger charge is 2.04. The van der Waals surface area contributed by atoms with E-state index >= 15 is 0 Å². The van der Waals surface area contributed by atoms with E-state index in [0.717, 1.165) is 40.1 Å². The SMILES string of the molecule is Cc1[nH]ncc1CNc1ccnc2cc(N)ccc12. The maximum absolute atomic E-state index is 5.77. The summed E-state index contributed by atoms with van der Waals surface area (Å²) in [5, 5.41) is 11.4. The van der Waals surface area contributed by atoms with Crippen molar-refractivity contribution >= 4 is 22.3 Å². The van der Waals surface area contributed by atoms with Crippen LogP contribution in [-0.2, 0) is 6.54 Å². The molecule has 1 aromatic carbocycles. The molecule has 0 amide bonds. The number of rotatable bonds is 3. The quantitative estimate of drug-likeness (QED) is 0.626. The van der Waals surface area contributed by atoms with Crippen molar-refractivity contribution in [1.29, 1.82) is 0 Å². The molecule has 3 aromatic rings. The van der Waals surface area contributed by atoms with Gasteiger partial charge in [-0.15, -0.1) is 0 Å². The molecule has 0 spiro atoms. The molecule has 0 atom stereocenters. The van der Waals surface area contributed by atoms with E-state index in [1.807, 2.05) is 37.4 Å². The number of fused-ring (bicyclic) bond motifs is 1. The molecular formula is C14H15N5. The van der Waals surface area contributed by atoms with E-state index in [1.54, 1.807) is 6.20 Å². The number of pyridine rings is 1. The lowest BCUT2D eigenvalue weighted by Crippen LogP contribution is -2.01. The largest absolute Gasteiger partial charge is 0.399 e. The van der Waals surface area contributed by atoms with Crippen LogP contribution in [0.4, 0.5) is 11.4 Å². The number of nitrogens with zero attached hydrogens (tertiary/aromatic N) is 2. The third kappa shape index (κ3) is 2.22. The standard InChI is InChI=1S/C14H15N5/c1-9-10(8-18-19-9)7-17-13-4-5-16-14-6-11(15)2-3-12(13)14/h2-6,8H,7,15H2,1H3,(H,16,17)(H,18,19). The molecule has 96 valence electrons. The van der Waals surface area contributed by atoms with Crippen molar-refractivity contribution in [2.24, 2.45) is 0 Å². The van der Waals surface area contributed by atoms with Gasteiger partial charge in [-0.3, -0.25) is 10.1 Å². The summed E-state index contributed by atoms with van der Waals surface area (Å²) in [6.45, 7) is 2.74. The minimum Gasteiger partial charge on any atom is -0.399 e. The van der Waals surface area contributed by atoms with Crippen molar-refractivity contribution in [3.63, 3.8) is 0 Å². The zero-order valence-corrected chi connectivity index (χ0v) is 10.6. The van der Waals surface area contributed by atoms with Gasteiger partial charge in [-0.2, -0.15) is 5.10 Å². The van der Waals surface area contributed by atoms with Crippen LogP contribution in [0.25, 0.3) is 10.9 Å². The normalized spacial score (nSPS) is 10.8. The molecule has 0 unspecified atom stereocenters. The molecular weight excluding hydrogens is 238 g/mol. The third-order valence-electron chi connectivity index (χ3n) is 3.17. The topological polar surface area (TPSA) is 79.6 Å². The van der Waals surface area contributed by atoms with Crippen LogP contribution in [0.15, 0.2) is 36.7 Å². The Morgan fingerprint density at radius 1 is 1.32 bits per heavy atom. The average molecular weight is 253 g/mol. The molecule has 0 aliphatic carbocycles. The lowest BCUT2D eigenvalue weighted by atomic mass is 10.1. The highest BCUT2D eigenvalue weighted by molar-refractivity contribution is 5.92. The van der Waals surface area contributed by atoms with Gasteiger partial charge in [-0.05, 0) is 31.2 Å². The number of H-pyrrole nitrogens is 1. The van der Waals surface area contributed by atoms with Gasteiger partial charge in [0.1, 0.15) is 0 Å². The zero-order chi connectivity index (χ0) is 13.2. The fourth-order valence-electron chi connectivity index (χ4n) is 2.06. The van der Waals surface area contributed by atoms with Gasteiger partial charge in [0.25, 0.3) is 0 Å². The van der Waals surface area contributed by atoms with Gasteiger partial charge in [0.2, 0.25) is 0 Å². The molecule has 3 rings (SSSR count). The van der Waals surface area contributed by atoms with E-state index < -0.39 is 0 Å². The summed E-state index contributed by atoms with van der Waals surface area (Å²) in [6.07, 6.45) is 3.62. The Morgan fingerprint density at radius 3 is 3.00 bits per heavy atom. The van der Waals surface area contributed by atoms with Crippen molar-refractivity contribution in [3.05, 3.63) is 47.9 Å². The summed E-state index contributed by atoms with van der Waals surface area (Å²) in [4.78, 5) is 4.33. The van der Waals surface area contributed by atoms with Gasteiger partial charge >= 0.3 is 0 Å². The summed E-state index contributed by atoms with van der Waals surface area (Å²) in [5.41, 5.74) is 10.7. The number of hydrogen-bond acceptors (Lipinski definition) is 4. The van der Waals surface area contributed by atoms with Gasteiger partial charge in [0.15, 0.2) is 0 Å². The molecule has 0 aliphatic heterocycles. The molecule has 5 heteroatoms. The number of nitrogens with two attached hydrogens (primary N) is 1. The fraction of sp³-hybridized carbons (Fsp3) is 0.143. The summed E-state index contributed by atoms with van der Waals surface area (Å²) in [5.74, 6) is 0. The van der Waals surface area contributed by atoms with Crippen LogP contribution in [0.1, 0.15) is 11.3 Å². The Kier molecular flexibility index (Phi) is 2.79. The van der Waals surface area contributed by atoms with E-state index in [-0.39, 0.29) is 0 Å². The van der Waals surface area contributed by atoms with Crippen molar-refractivity contribution in [2.45, 2.75) is 13.5 Å². The Hall–Kier alpha value is -2.56. The molecule has 0 radical (unpaired) electrons. The smallest absolute Gasteiger partial charge is 0.0743 e. The van der Waals surface area contributed by atoms with E-state index in [0.29, 0.717) is 0 Å². The van der Waals surface area contributed by atoms with Crippen LogP contribution in [0.3, 0.4) is 0 Å². The van der Waals surface area contributed by atoms with Gasteiger partial charge in [-0.25, -0.2) is 0 Å². The first kappa shape index (κ1) is 11.5. The first-order valence-electron chi connectivity index (χ1n) is 6.11. The molecule has 0 aliphatic rings. The van der Waals surface area contributed by atoms with Crippen molar-refractivity contribution in [1.82, 2.24) is 15.2 Å². The average Bonchev–Trinajstić information content (AvgIpc) is 2.81. The number of aromatic amines is 1. The molecule has 0 saturated carbocycles. The maximum atomic E-state index is 5.77. The number of nitrogens with one attached hydrogen (secondary N) is 2. The van der Waals surface area contributed by atoms with Crippen LogP contribution >= 0.6 is 0 Å². The maximum Gasteiger partial charge on any atom is 0.0743 e. The molecule has 19 heavy (non-hydrogen) atoms. The van der Waals surface area contributed by atoms with Crippen LogP contribution in [0.2, 0.25) is 0 Å². The fourth-order valence-corrected chi connectivity index (χ4v) is 2.06. The van der Waals surface area contributed by atoms with Crippen LogP contribution in [0, 0.1) is 6.92 Å². The minimum absolute atomic E-state index is 0.725. The highest BCUT2D eigenvalue weighted by atomic mass is 15.1. The van der Waals surface area contributed by atoms with Gasteiger partial charge in [0.05, 0.1) is 11.7 Å². The Bertz CT molecular complexity index is 717. The number of aromatic nitrogens is 3. The molecule has 0 fully saturated rings. The van der Waals surface area contributed by atoms with Gasteiger partial charge < -0.3 is 11.1 Å². The second-order valence-corrected chi connectivity index (χ2v) is 4.51. The van der Waals surface area contributed by atoms with E-state index in [1.165, 1.54) is 0 Å². The zero-order valence-electron chi connectivity index (χ0n) is 10.6. The first-order chi connectivity index (χ1) is 9.24. The molecule has 0 bridgehead atoms. The molecule has 0 saturated heterocycles. The van der Waals surface area contributed by atoms with E-state index in [2.05, 4.69) is 20.5 Å². The lowest BCUT2D eigenvalue weighted by Gasteiger charge is -2.09. The number of nitrogen functional groups attached to an aromatic ring is 1. The lowest BCUT2D eigenvalue weighted by molar-refractivity contribution is 1.04. The number of benzene rings is 1.